The highest BCUT2D eigenvalue weighted by atomic mass is 16.5. The molecule has 2 aliphatic carbocycles. The average Bonchev–Trinajstić information content (AvgIpc) is 2.79. The Kier molecular flexibility index (Phi) is 7.07. The lowest BCUT2D eigenvalue weighted by atomic mass is 9.66. The molecule has 4 rings (SSSR count). The Bertz CT molecular complexity index is 764. The topological polar surface area (TPSA) is 71.0 Å². The van der Waals surface area contributed by atoms with Crippen LogP contribution in [0.1, 0.15) is 75.8 Å². The van der Waals surface area contributed by atoms with Gasteiger partial charge in [0.1, 0.15) is 0 Å². The second kappa shape index (κ2) is 9.78. The van der Waals surface area contributed by atoms with Gasteiger partial charge in [-0.05, 0) is 49.8 Å². The summed E-state index contributed by atoms with van der Waals surface area (Å²) in [7, 11) is 3.29. The predicted molar refractivity (Wildman–Crippen MR) is 120 cm³/mol. The van der Waals surface area contributed by atoms with Gasteiger partial charge >= 0.3 is 0 Å². The summed E-state index contributed by atoms with van der Waals surface area (Å²) >= 11 is 0. The molecule has 2 saturated carbocycles. The van der Waals surface area contributed by atoms with Crippen molar-refractivity contribution < 1.29 is 19.4 Å². The SMILES string of the molecule is COc1ccc(C2C3CCCCC3(O)CCN2CC(=O)NC2CCCCC2)cc1OC. The lowest BCUT2D eigenvalue weighted by Crippen LogP contribution is -2.56. The van der Waals surface area contributed by atoms with Gasteiger partial charge in [-0.2, -0.15) is 0 Å². The van der Waals surface area contributed by atoms with Crippen LogP contribution in [-0.4, -0.2) is 54.9 Å². The Morgan fingerprint density at radius 3 is 2.55 bits per heavy atom. The van der Waals surface area contributed by atoms with Crippen molar-refractivity contribution in [3.8, 4) is 11.5 Å². The Morgan fingerprint density at radius 1 is 1.06 bits per heavy atom. The molecule has 0 radical (unpaired) electrons. The molecule has 3 aliphatic rings. The van der Waals surface area contributed by atoms with Gasteiger partial charge in [-0.15, -0.1) is 0 Å². The first-order valence-electron chi connectivity index (χ1n) is 12.0. The van der Waals surface area contributed by atoms with E-state index in [0.717, 1.165) is 57.1 Å². The minimum absolute atomic E-state index is 0.00374. The molecule has 6 nitrogen and oxygen atoms in total. The van der Waals surface area contributed by atoms with Crippen molar-refractivity contribution in [1.82, 2.24) is 10.2 Å². The first kappa shape index (κ1) is 22.4. The van der Waals surface area contributed by atoms with Crippen LogP contribution in [0.25, 0.3) is 0 Å². The quantitative estimate of drug-likeness (QED) is 0.718. The summed E-state index contributed by atoms with van der Waals surface area (Å²) in [5.41, 5.74) is 0.444. The summed E-state index contributed by atoms with van der Waals surface area (Å²) in [6, 6.07) is 6.34. The number of likely N-dealkylation sites (tertiary alicyclic amines) is 1. The highest BCUT2D eigenvalue weighted by molar-refractivity contribution is 5.78. The number of aliphatic hydroxyl groups is 1. The van der Waals surface area contributed by atoms with Crippen molar-refractivity contribution in [1.29, 1.82) is 0 Å². The summed E-state index contributed by atoms with van der Waals surface area (Å²) in [6.07, 6.45) is 10.6. The van der Waals surface area contributed by atoms with Crippen LogP contribution >= 0.6 is 0 Å². The fraction of sp³-hybridized carbons (Fsp3) is 0.720. The van der Waals surface area contributed by atoms with Gasteiger partial charge in [0.05, 0.1) is 26.4 Å². The van der Waals surface area contributed by atoms with Crippen molar-refractivity contribution in [3.63, 3.8) is 0 Å². The van der Waals surface area contributed by atoms with Crippen LogP contribution in [0.4, 0.5) is 0 Å². The Labute approximate surface area is 186 Å². The molecule has 3 fully saturated rings. The predicted octanol–water partition coefficient (Wildman–Crippen LogP) is 3.82. The number of benzene rings is 1. The molecule has 1 aliphatic heterocycles. The molecular weight excluding hydrogens is 392 g/mol. The van der Waals surface area contributed by atoms with Crippen molar-refractivity contribution in [2.75, 3.05) is 27.3 Å². The summed E-state index contributed by atoms with van der Waals surface area (Å²) in [4.78, 5) is 15.2. The standard InChI is InChI=1S/C25H38N2O4/c1-30-21-12-11-18(16-22(21)31-2)24-20-10-6-7-13-25(20,29)14-15-27(24)17-23(28)26-19-8-4-3-5-9-19/h11-12,16,19-20,24,29H,3-10,13-15,17H2,1-2H3,(H,26,28). The van der Waals surface area contributed by atoms with E-state index in [1.54, 1.807) is 14.2 Å². The number of amides is 1. The minimum atomic E-state index is -0.646. The third kappa shape index (κ3) is 4.85. The number of fused-ring (bicyclic) bond motifs is 1. The van der Waals surface area contributed by atoms with Gasteiger partial charge in [-0.3, -0.25) is 9.69 Å². The molecule has 6 heteroatoms. The van der Waals surface area contributed by atoms with Crippen molar-refractivity contribution in [2.24, 2.45) is 5.92 Å². The van der Waals surface area contributed by atoms with Gasteiger partial charge in [0.15, 0.2) is 11.5 Å². The zero-order valence-electron chi connectivity index (χ0n) is 19.1. The van der Waals surface area contributed by atoms with E-state index in [1.165, 1.54) is 19.3 Å². The van der Waals surface area contributed by atoms with Crippen LogP contribution in [0.15, 0.2) is 18.2 Å². The number of piperidine rings is 1. The van der Waals surface area contributed by atoms with Crippen molar-refractivity contribution >= 4 is 5.91 Å². The second-order valence-corrected chi connectivity index (χ2v) is 9.64. The molecule has 1 heterocycles. The lowest BCUT2D eigenvalue weighted by Gasteiger charge is -2.52. The minimum Gasteiger partial charge on any atom is -0.493 e. The summed E-state index contributed by atoms with van der Waals surface area (Å²) in [5.74, 6) is 1.62. The number of nitrogens with zero attached hydrogens (tertiary/aromatic N) is 1. The van der Waals surface area contributed by atoms with E-state index in [4.69, 9.17) is 9.47 Å². The van der Waals surface area contributed by atoms with E-state index >= 15 is 0 Å². The molecule has 31 heavy (non-hydrogen) atoms. The molecule has 3 atom stereocenters. The monoisotopic (exact) mass is 430 g/mol. The molecular formula is C25H38N2O4. The van der Waals surface area contributed by atoms with E-state index in [0.29, 0.717) is 24.1 Å². The summed E-state index contributed by atoms with van der Waals surface area (Å²) in [5, 5.41) is 14.8. The van der Waals surface area contributed by atoms with Gasteiger partial charge in [-0.25, -0.2) is 0 Å². The van der Waals surface area contributed by atoms with Crippen LogP contribution in [0.3, 0.4) is 0 Å². The zero-order valence-corrected chi connectivity index (χ0v) is 19.1. The average molecular weight is 431 g/mol. The molecule has 0 aromatic heterocycles. The molecule has 0 spiro atoms. The first-order chi connectivity index (χ1) is 15.0. The van der Waals surface area contributed by atoms with E-state index in [9.17, 15) is 9.90 Å². The van der Waals surface area contributed by atoms with Crippen LogP contribution < -0.4 is 14.8 Å². The number of hydrogen-bond acceptors (Lipinski definition) is 5. The van der Waals surface area contributed by atoms with E-state index < -0.39 is 5.60 Å². The second-order valence-electron chi connectivity index (χ2n) is 9.64. The Morgan fingerprint density at radius 2 is 1.81 bits per heavy atom. The Hall–Kier alpha value is -1.79. The highest BCUT2D eigenvalue weighted by Gasteiger charge is 2.49. The summed E-state index contributed by atoms with van der Waals surface area (Å²) in [6.45, 7) is 1.10. The smallest absolute Gasteiger partial charge is 0.234 e. The molecule has 1 aromatic carbocycles. The van der Waals surface area contributed by atoms with E-state index in [-0.39, 0.29) is 17.9 Å². The molecule has 1 aromatic rings. The van der Waals surface area contributed by atoms with Crippen LogP contribution in [0, 0.1) is 5.92 Å². The first-order valence-corrected chi connectivity index (χ1v) is 12.0. The van der Waals surface area contributed by atoms with Crippen LogP contribution in [0.2, 0.25) is 0 Å². The molecule has 1 amide bonds. The van der Waals surface area contributed by atoms with E-state index in [1.807, 2.05) is 12.1 Å². The van der Waals surface area contributed by atoms with Gasteiger partial charge in [-0.1, -0.05) is 38.2 Å². The third-order valence-corrected chi connectivity index (χ3v) is 7.74. The number of hydrogen-bond donors (Lipinski definition) is 2. The number of ether oxygens (including phenoxy) is 2. The normalized spacial score (nSPS) is 29.8. The Balaban J connectivity index is 1.58. The van der Waals surface area contributed by atoms with Gasteiger partial charge < -0.3 is 19.9 Å². The molecule has 172 valence electrons. The third-order valence-electron chi connectivity index (χ3n) is 7.74. The van der Waals surface area contributed by atoms with Crippen LogP contribution in [-0.2, 0) is 4.79 Å². The number of carbonyl (C=O) groups excluding carboxylic acids is 1. The van der Waals surface area contributed by atoms with Crippen LogP contribution in [0.5, 0.6) is 11.5 Å². The maximum atomic E-state index is 13.0. The maximum Gasteiger partial charge on any atom is 0.234 e. The number of rotatable bonds is 6. The number of methoxy groups -OCH3 is 2. The molecule has 2 N–H and O–H groups in total. The fourth-order valence-corrected chi connectivity index (χ4v) is 6.10. The largest absolute Gasteiger partial charge is 0.493 e. The molecule has 3 unspecified atom stereocenters. The highest BCUT2D eigenvalue weighted by Crippen LogP contribution is 2.50. The summed E-state index contributed by atoms with van der Waals surface area (Å²) < 4.78 is 11.0. The number of carbonyl (C=O) groups is 1. The fourth-order valence-electron chi connectivity index (χ4n) is 6.10. The van der Waals surface area contributed by atoms with Crippen molar-refractivity contribution in [2.45, 2.75) is 81.9 Å². The lowest BCUT2D eigenvalue weighted by molar-refractivity contribution is -0.138. The van der Waals surface area contributed by atoms with Crippen molar-refractivity contribution in [3.05, 3.63) is 23.8 Å². The molecule has 0 bridgehead atoms. The van der Waals surface area contributed by atoms with Gasteiger partial charge in [0.2, 0.25) is 5.91 Å². The zero-order chi connectivity index (χ0) is 21.8. The molecule has 1 saturated heterocycles. The number of nitrogens with one attached hydrogen (secondary N) is 1. The van der Waals surface area contributed by atoms with E-state index in [2.05, 4.69) is 16.3 Å². The van der Waals surface area contributed by atoms with Gasteiger partial charge in [0, 0.05) is 24.5 Å². The maximum absolute atomic E-state index is 13.0. The van der Waals surface area contributed by atoms with Gasteiger partial charge in [0.25, 0.3) is 0 Å².